The first kappa shape index (κ1) is 86.8. The molecule has 7 rings (SSSR count). The molecule has 2 aromatic carbocycles. The molecule has 1 saturated carbocycles. The van der Waals surface area contributed by atoms with E-state index in [-0.39, 0.29) is 47.3 Å². The summed E-state index contributed by atoms with van der Waals surface area (Å²) < 4.78 is 33.4. The van der Waals surface area contributed by atoms with Gasteiger partial charge in [-0.3, -0.25) is 58.0 Å². The summed E-state index contributed by atoms with van der Waals surface area (Å²) in [7, 11) is 0. The molecule has 1 aliphatic carbocycles. The van der Waals surface area contributed by atoms with Crippen LogP contribution in [-0.4, -0.2) is 310 Å². The quantitative estimate of drug-likeness (QED) is 0.0276. The van der Waals surface area contributed by atoms with Gasteiger partial charge in [-0.05, 0) is 84.5 Å². The monoisotopic (exact) mass is 1620 g/mol. The molecule has 98 heavy (non-hydrogen) atoms. The number of likely N-dealkylation sites (tertiary alicyclic amines) is 2. The molecule has 0 N–H and O–H groups in total. The molecule has 32 heteroatoms. The Balaban J connectivity index is 0.000000312. The summed E-state index contributed by atoms with van der Waals surface area (Å²) in [6.07, 6.45) is 2.76. The molecule has 4 aliphatic heterocycles. The average molecular weight is 1620 g/mol. The molecular formula is C66H100N4O14S14. The maximum atomic E-state index is 13.6. The van der Waals surface area contributed by atoms with Gasteiger partial charge in [-0.2, -0.15) is 168 Å². The highest BCUT2D eigenvalue weighted by Gasteiger charge is 2.73. The van der Waals surface area contributed by atoms with Crippen LogP contribution in [0.25, 0.3) is 10.8 Å². The first-order valence-electron chi connectivity index (χ1n) is 33.7. The fraction of sp³-hybridized carbons (Fsp3) is 0.727. The molecule has 0 spiro atoms. The lowest BCUT2D eigenvalue weighted by Gasteiger charge is -2.36. The lowest BCUT2D eigenvalue weighted by Crippen LogP contribution is -2.50. The van der Waals surface area contributed by atoms with E-state index in [0.717, 1.165) is 178 Å². The van der Waals surface area contributed by atoms with E-state index in [1.165, 1.54) is 19.6 Å². The minimum absolute atomic E-state index is 0.281. The number of rotatable bonds is 60. The lowest BCUT2D eigenvalue weighted by molar-refractivity contribution is -0.146. The number of carbonyl (C=O) groups is 8. The molecule has 0 radical (unpaired) electrons. The van der Waals surface area contributed by atoms with Crippen LogP contribution in [0.4, 0.5) is 0 Å². The molecule has 5 aliphatic rings. The zero-order chi connectivity index (χ0) is 70.0. The average Bonchev–Trinajstić information content (AvgIpc) is 1.36. The molecule has 2 saturated heterocycles. The number of carbonyl (C=O) groups excluding carboxylic acids is 8. The van der Waals surface area contributed by atoms with Crippen molar-refractivity contribution in [1.29, 1.82) is 0 Å². The molecule has 3 fully saturated rings. The van der Waals surface area contributed by atoms with Crippen molar-refractivity contribution in [1.82, 2.24) is 19.6 Å². The molecule has 8 amide bonds. The van der Waals surface area contributed by atoms with E-state index in [4.69, 9.17) is 28.4 Å². The van der Waals surface area contributed by atoms with Gasteiger partial charge in [0.25, 0.3) is 23.6 Å². The van der Waals surface area contributed by atoms with Crippen LogP contribution in [0.5, 0.6) is 0 Å². The highest BCUT2D eigenvalue weighted by Crippen LogP contribution is 2.56. The SMILES string of the molecule is O=C1C2C(C(=O)N1CCCSCCOCCSCCOCCS)C1C(=O)N(CCCSCCOCCSCCOCCS)C(=O)C21.O=C1c2ccc3c4c(ccc(c24)C(=O)N1CCCSCCSCCOCCSCCS)C(=O)N(CCCSCCSCCOCCSCCS)C3=O. The Morgan fingerprint density at radius 3 is 0.704 bits per heavy atom. The smallest absolute Gasteiger partial charge is 0.261 e. The van der Waals surface area contributed by atoms with Crippen LogP contribution in [0.1, 0.15) is 67.1 Å². The van der Waals surface area contributed by atoms with Crippen LogP contribution >= 0.6 is 168 Å². The van der Waals surface area contributed by atoms with Gasteiger partial charge in [0, 0.05) is 163 Å². The number of fused-ring (bicyclic) bond motifs is 4. The molecule has 0 unspecified atom stereocenters. The van der Waals surface area contributed by atoms with Crippen molar-refractivity contribution in [3.63, 3.8) is 0 Å². The molecular weight excluding hydrogens is 1520 g/mol. The fourth-order valence-electron chi connectivity index (χ4n) is 11.3. The van der Waals surface area contributed by atoms with Crippen molar-refractivity contribution in [2.24, 2.45) is 23.7 Å². The molecule has 18 nitrogen and oxygen atoms in total. The van der Waals surface area contributed by atoms with Crippen molar-refractivity contribution in [2.45, 2.75) is 25.7 Å². The maximum Gasteiger partial charge on any atom is 0.261 e. The van der Waals surface area contributed by atoms with Crippen molar-refractivity contribution >= 4 is 226 Å². The van der Waals surface area contributed by atoms with E-state index < -0.39 is 23.7 Å². The minimum Gasteiger partial charge on any atom is -0.380 e. The Morgan fingerprint density at radius 2 is 0.459 bits per heavy atom. The van der Waals surface area contributed by atoms with Crippen LogP contribution in [0, 0.1) is 23.7 Å². The highest BCUT2D eigenvalue weighted by molar-refractivity contribution is 8.03. The van der Waals surface area contributed by atoms with Gasteiger partial charge in [-0.15, -0.1) is 0 Å². The predicted octanol–water partition coefficient (Wildman–Crippen LogP) is 9.95. The Bertz CT molecular complexity index is 2460. The molecule has 2 aromatic rings. The van der Waals surface area contributed by atoms with Crippen molar-refractivity contribution in [2.75, 3.05) is 244 Å². The first-order chi connectivity index (χ1) is 48.0. The third-order valence-electron chi connectivity index (χ3n) is 15.9. The normalized spacial score (nSPS) is 17.9. The van der Waals surface area contributed by atoms with Crippen LogP contribution in [0.15, 0.2) is 24.3 Å². The van der Waals surface area contributed by atoms with E-state index in [1.807, 2.05) is 94.1 Å². The second-order valence-corrected chi connectivity index (χ2v) is 36.5. The minimum atomic E-state index is -0.669. The Kier molecular flexibility index (Phi) is 46.8. The van der Waals surface area contributed by atoms with Gasteiger partial charge in [-0.25, -0.2) is 0 Å². The maximum absolute atomic E-state index is 13.6. The second kappa shape index (κ2) is 52.8. The van der Waals surface area contributed by atoms with E-state index in [9.17, 15) is 38.4 Å². The van der Waals surface area contributed by atoms with Gasteiger partial charge in [0.05, 0.1) is 103 Å². The third kappa shape index (κ3) is 28.6. The Morgan fingerprint density at radius 1 is 0.255 bits per heavy atom. The highest BCUT2D eigenvalue weighted by atomic mass is 32.2. The molecule has 0 atom stereocenters. The molecule has 552 valence electrons. The van der Waals surface area contributed by atoms with Crippen molar-refractivity contribution in [3.05, 3.63) is 46.5 Å². The van der Waals surface area contributed by atoms with E-state index in [1.54, 1.807) is 47.8 Å². The predicted molar refractivity (Wildman–Crippen MR) is 434 cm³/mol. The number of ether oxygens (including phenoxy) is 6. The van der Waals surface area contributed by atoms with E-state index in [0.29, 0.717) is 125 Å². The summed E-state index contributed by atoms with van der Waals surface area (Å²) >= 11 is 34.8. The summed E-state index contributed by atoms with van der Waals surface area (Å²) in [5.41, 5.74) is 1.50. The van der Waals surface area contributed by atoms with Gasteiger partial charge in [0.2, 0.25) is 23.6 Å². The number of hydrogen-bond donors (Lipinski definition) is 4. The molecule has 0 bridgehead atoms. The second-order valence-electron chi connectivity index (χ2n) is 22.5. The topological polar surface area (TPSA) is 205 Å². The van der Waals surface area contributed by atoms with E-state index >= 15 is 0 Å². The third-order valence-corrected chi connectivity index (χ3v) is 27.7. The Hall–Kier alpha value is -0.0800. The standard InChI is InChI=1S/C36H50N2O6S8.C30H50N2O8S6/c39-33-27-3-5-29-32-30(36(42)38(35(29)41)8-2-16-48-24-26-52-20-12-44-10-18-50-22-14-46)6-4-28(31(27)32)34(40)37(33)7-1-15-47-23-25-51-19-11-43-9-17-49-21-13-45;33-27-23-24(28(34)31(27)3-1-15-43-17-9-39-11-21-45-19-7-37-5-13-41)26-25(23)29(35)32(30(26)36)4-2-16-44-18-10-40-12-22-46-20-8-38-6-14-42/h3-6,45-46H,1-2,7-26H2;23-26,41-42H,1-22H2. The largest absolute Gasteiger partial charge is 0.380 e. The number of amides is 8. The number of thiol groups is 4. The number of nitrogens with zero attached hydrogens (tertiary/aromatic N) is 4. The Labute approximate surface area is 645 Å². The van der Waals surface area contributed by atoms with Crippen LogP contribution in [0.3, 0.4) is 0 Å². The van der Waals surface area contributed by atoms with Gasteiger partial charge >= 0.3 is 0 Å². The zero-order valence-electron chi connectivity index (χ0n) is 56.1. The summed E-state index contributed by atoms with van der Waals surface area (Å²) in [6, 6.07) is 6.60. The first-order valence-corrected chi connectivity index (χ1v) is 47.8. The summed E-state index contributed by atoms with van der Waals surface area (Å²) in [6.45, 7) is 10.0. The van der Waals surface area contributed by atoms with Gasteiger partial charge in [0.1, 0.15) is 0 Å². The number of hydrogen-bond acceptors (Lipinski definition) is 28. The van der Waals surface area contributed by atoms with Gasteiger partial charge in [0.15, 0.2) is 0 Å². The zero-order valence-corrected chi connectivity index (χ0v) is 67.8. The van der Waals surface area contributed by atoms with Gasteiger partial charge < -0.3 is 28.4 Å². The van der Waals surface area contributed by atoms with Crippen molar-refractivity contribution in [3.8, 4) is 0 Å². The van der Waals surface area contributed by atoms with Gasteiger partial charge in [-0.1, -0.05) is 0 Å². The van der Waals surface area contributed by atoms with E-state index in [2.05, 4.69) is 50.5 Å². The van der Waals surface area contributed by atoms with Crippen LogP contribution in [0.2, 0.25) is 0 Å². The lowest BCUT2D eigenvalue weighted by atomic mass is 9.59. The fourth-order valence-corrected chi connectivity index (χ4v) is 20.2. The summed E-state index contributed by atoms with van der Waals surface area (Å²) in [5.74, 6) is 17.0. The molecule has 0 aromatic heterocycles. The molecule has 4 heterocycles. The number of benzene rings is 2. The van der Waals surface area contributed by atoms with Crippen LogP contribution < -0.4 is 0 Å². The van der Waals surface area contributed by atoms with Crippen LogP contribution in [-0.2, 0) is 47.6 Å². The summed E-state index contributed by atoms with van der Waals surface area (Å²) in [5, 5.41) is 0.862. The van der Waals surface area contributed by atoms with Crippen molar-refractivity contribution < 1.29 is 66.8 Å². The summed E-state index contributed by atoms with van der Waals surface area (Å²) in [4.78, 5) is 112. The number of imide groups is 4. The number of thioether (sulfide) groups is 10.